The first-order chi connectivity index (χ1) is 11.7. The van der Waals surface area contributed by atoms with Gasteiger partial charge in [-0.25, -0.2) is 9.78 Å². The van der Waals surface area contributed by atoms with Gasteiger partial charge in [0.15, 0.2) is 0 Å². The molecule has 3 aromatic rings. The molecule has 0 bridgehead atoms. The number of rotatable bonds is 2. The second-order valence-corrected chi connectivity index (χ2v) is 5.95. The highest BCUT2D eigenvalue weighted by molar-refractivity contribution is 5.97. The second kappa shape index (κ2) is 5.88. The summed E-state index contributed by atoms with van der Waals surface area (Å²) in [6.45, 7) is 1.29. The van der Waals surface area contributed by atoms with E-state index in [1.54, 1.807) is 18.2 Å². The minimum absolute atomic E-state index is 0.0268. The quantitative estimate of drug-likeness (QED) is 0.733. The maximum atomic E-state index is 12.8. The van der Waals surface area contributed by atoms with E-state index in [4.69, 9.17) is 0 Å². The van der Waals surface area contributed by atoms with Crippen LogP contribution in [0.4, 0.5) is 0 Å². The topological polar surface area (TPSA) is 108 Å². The van der Waals surface area contributed by atoms with Crippen LogP contribution in [0.1, 0.15) is 34.8 Å². The third kappa shape index (κ3) is 2.66. The van der Waals surface area contributed by atoms with Crippen LogP contribution in [0.3, 0.4) is 0 Å². The van der Waals surface area contributed by atoms with Crippen molar-refractivity contribution >= 4 is 16.9 Å². The Bertz CT molecular complexity index is 947. The van der Waals surface area contributed by atoms with E-state index in [-0.39, 0.29) is 17.5 Å². The van der Waals surface area contributed by atoms with Gasteiger partial charge in [0.05, 0.1) is 0 Å². The van der Waals surface area contributed by atoms with Crippen molar-refractivity contribution in [2.75, 3.05) is 13.1 Å². The molecule has 3 heterocycles. The van der Waals surface area contributed by atoms with E-state index < -0.39 is 0 Å². The smallest absolute Gasteiger partial charge is 0.338 e. The molecule has 1 aromatic carbocycles. The molecule has 0 unspecified atom stereocenters. The van der Waals surface area contributed by atoms with Crippen molar-refractivity contribution < 1.29 is 4.79 Å². The van der Waals surface area contributed by atoms with Gasteiger partial charge in [-0.15, -0.1) is 0 Å². The van der Waals surface area contributed by atoms with E-state index in [0.29, 0.717) is 24.2 Å². The van der Waals surface area contributed by atoms with Gasteiger partial charge in [-0.1, -0.05) is 0 Å². The summed E-state index contributed by atoms with van der Waals surface area (Å²) in [5.41, 5.74) is 2.48. The lowest BCUT2D eigenvalue weighted by molar-refractivity contribution is 0.0706. The fraction of sp³-hybridized carbons (Fsp3) is 0.312. The molecule has 1 aliphatic rings. The number of carbonyl (C=O) groups excluding carboxylic acids is 1. The average molecular weight is 324 g/mol. The lowest BCUT2D eigenvalue weighted by atomic mass is 9.94. The Kier molecular flexibility index (Phi) is 3.56. The summed E-state index contributed by atoms with van der Waals surface area (Å²) in [6.07, 6.45) is 3.34. The third-order valence-corrected chi connectivity index (χ3v) is 4.41. The minimum atomic E-state index is -0.354. The van der Waals surface area contributed by atoms with Crippen LogP contribution in [0.25, 0.3) is 11.0 Å². The van der Waals surface area contributed by atoms with Gasteiger partial charge in [-0.2, -0.15) is 15.4 Å². The van der Waals surface area contributed by atoms with Crippen LogP contribution in [-0.4, -0.2) is 49.3 Å². The standard InChI is InChI=1S/C16H16N6O2/c23-15(10-3-4-13-14(8-10)20-21-19-13)22-7-1-2-11(9-22)12-5-6-17-16(24)18-12/h3-6,8,11H,1-2,7,9H2,(H,17,18,24)(H,19,20,21)/t11-/m1/s1. The number of aromatic nitrogens is 5. The second-order valence-electron chi connectivity index (χ2n) is 5.95. The van der Waals surface area contributed by atoms with Gasteiger partial charge in [0.25, 0.3) is 5.91 Å². The first kappa shape index (κ1) is 14.6. The molecule has 1 fully saturated rings. The number of benzene rings is 1. The van der Waals surface area contributed by atoms with Crippen molar-refractivity contribution in [3.05, 3.63) is 52.2 Å². The lowest BCUT2D eigenvalue weighted by Gasteiger charge is -2.32. The van der Waals surface area contributed by atoms with Crippen molar-refractivity contribution in [1.82, 2.24) is 30.3 Å². The Balaban J connectivity index is 1.56. The largest absolute Gasteiger partial charge is 0.345 e. The molecular formula is C16H16N6O2. The molecule has 1 aliphatic heterocycles. The molecule has 8 heteroatoms. The van der Waals surface area contributed by atoms with Crippen LogP contribution in [0.15, 0.2) is 35.3 Å². The summed E-state index contributed by atoms with van der Waals surface area (Å²) in [4.78, 5) is 32.4. The van der Waals surface area contributed by atoms with Crippen molar-refractivity contribution in [1.29, 1.82) is 0 Å². The van der Waals surface area contributed by atoms with Crippen LogP contribution in [0.5, 0.6) is 0 Å². The molecule has 0 radical (unpaired) electrons. The molecule has 0 saturated carbocycles. The highest BCUT2D eigenvalue weighted by Gasteiger charge is 2.26. The fourth-order valence-corrected chi connectivity index (χ4v) is 3.19. The maximum absolute atomic E-state index is 12.8. The van der Waals surface area contributed by atoms with Gasteiger partial charge in [-0.3, -0.25) is 4.79 Å². The van der Waals surface area contributed by atoms with E-state index >= 15 is 0 Å². The van der Waals surface area contributed by atoms with E-state index in [1.165, 1.54) is 6.20 Å². The molecule has 0 aliphatic carbocycles. The van der Waals surface area contributed by atoms with Crippen molar-refractivity contribution in [3.8, 4) is 0 Å². The Morgan fingerprint density at radius 2 is 2.08 bits per heavy atom. The zero-order valence-electron chi connectivity index (χ0n) is 12.9. The van der Waals surface area contributed by atoms with E-state index in [0.717, 1.165) is 24.1 Å². The summed E-state index contributed by atoms with van der Waals surface area (Å²) in [7, 11) is 0. The molecule has 122 valence electrons. The van der Waals surface area contributed by atoms with Crippen LogP contribution >= 0.6 is 0 Å². The molecule has 2 aromatic heterocycles. The molecule has 24 heavy (non-hydrogen) atoms. The number of nitrogens with one attached hydrogen (secondary N) is 2. The molecule has 8 nitrogen and oxygen atoms in total. The summed E-state index contributed by atoms with van der Waals surface area (Å²) in [6, 6.07) is 7.11. The van der Waals surface area contributed by atoms with Crippen LogP contribution < -0.4 is 5.69 Å². The number of piperidine rings is 1. The number of fused-ring (bicyclic) bond motifs is 1. The summed E-state index contributed by atoms with van der Waals surface area (Å²) >= 11 is 0. The number of nitrogens with zero attached hydrogens (tertiary/aromatic N) is 4. The van der Waals surface area contributed by atoms with E-state index in [2.05, 4.69) is 25.4 Å². The Morgan fingerprint density at radius 1 is 1.21 bits per heavy atom. The molecule has 1 amide bonds. The number of hydrogen-bond donors (Lipinski definition) is 2. The fourth-order valence-electron chi connectivity index (χ4n) is 3.19. The molecule has 0 spiro atoms. The first-order valence-corrected chi connectivity index (χ1v) is 7.86. The summed E-state index contributed by atoms with van der Waals surface area (Å²) in [5, 5.41) is 10.6. The van der Waals surface area contributed by atoms with Crippen LogP contribution in [0, 0.1) is 0 Å². The zero-order valence-corrected chi connectivity index (χ0v) is 12.9. The Hall–Kier alpha value is -3.03. The van der Waals surface area contributed by atoms with Crippen molar-refractivity contribution in [2.45, 2.75) is 18.8 Å². The first-order valence-electron chi connectivity index (χ1n) is 7.86. The number of amides is 1. The van der Waals surface area contributed by atoms with Gasteiger partial charge < -0.3 is 9.88 Å². The molecule has 1 saturated heterocycles. The number of H-pyrrole nitrogens is 2. The monoisotopic (exact) mass is 324 g/mol. The highest BCUT2D eigenvalue weighted by Crippen LogP contribution is 2.26. The van der Waals surface area contributed by atoms with Crippen LogP contribution in [-0.2, 0) is 0 Å². The van der Waals surface area contributed by atoms with Gasteiger partial charge in [0.2, 0.25) is 0 Å². The number of likely N-dealkylation sites (tertiary alicyclic amines) is 1. The molecule has 4 rings (SSSR count). The predicted octanol–water partition coefficient (Wildman–Crippen LogP) is 1.06. The van der Waals surface area contributed by atoms with Gasteiger partial charge in [0.1, 0.15) is 11.0 Å². The normalized spacial score (nSPS) is 18.0. The van der Waals surface area contributed by atoms with Crippen LogP contribution in [0.2, 0.25) is 0 Å². The SMILES string of the molecule is O=C(c1ccc2n[nH]nc2c1)N1CCC[C@@H](c2ccnc(=O)[nH]2)C1. The Labute approximate surface area is 136 Å². The molecular weight excluding hydrogens is 308 g/mol. The number of hydrogen-bond acceptors (Lipinski definition) is 5. The maximum Gasteiger partial charge on any atom is 0.345 e. The van der Waals surface area contributed by atoms with Gasteiger partial charge in [0, 0.05) is 36.5 Å². The average Bonchev–Trinajstić information content (AvgIpc) is 3.09. The highest BCUT2D eigenvalue weighted by atomic mass is 16.2. The number of aromatic amines is 2. The van der Waals surface area contributed by atoms with E-state index in [9.17, 15) is 9.59 Å². The predicted molar refractivity (Wildman–Crippen MR) is 86.6 cm³/mol. The number of carbonyl (C=O) groups is 1. The van der Waals surface area contributed by atoms with Crippen molar-refractivity contribution in [3.63, 3.8) is 0 Å². The molecule has 2 N–H and O–H groups in total. The third-order valence-electron chi connectivity index (χ3n) is 4.41. The minimum Gasteiger partial charge on any atom is -0.338 e. The van der Waals surface area contributed by atoms with Crippen molar-refractivity contribution in [2.24, 2.45) is 0 Å². The Morgan fingerprint density at radius 3 is 2.96 bits per heavy atom. The van der Waals surface area contributed by atoms with Gasteiger partial charge in [-0.05, 0) is 37.1 Å². The van der Waals surface area contributed by atoms with Gasteiger partial charge >= 0.3 is 5.69 Å². The molecule has 1 atom stereocenters. The zero-order chi connectivity index (χ0) is 16.5. The van der Waals surface area contributed by atoms with E-state index in [1.807, 2.05) is 11.0 Å². The summed E-state index contributed by atoms with van der Waals surface area (Å²) in [5.74, 6) is 0.0928. The summed E-state index contributed by atoms with van der Waals surface area (Å²) < 4.78 is 0. The lowest BCUT2D eigenvalue weighted by Crippen LogP contribution is -2.39.